The van der Waals surface area contributed by atoms with Gasteiger partial charge in [-0.05, 0) is 42.2 Å². The van der Waals surface area contributed by atoms with Gasteiger partial charge in [0.1, 0.15) is 5.75 Å². The van der Waals surface area contributed by atoms with Crippen molar-refractivity contribution in [2.24, 2.45) is 0 Å². The average molecular weight is 383 g/mol. The van der Waals surface area contributed by atoms with Gasteiger partial charge in [-0.3, -0.25) is 4.72 Å². The third-order valence-corrected chi connectivity index (χ3v) is 5.78. The van der Waals surface area contributed by atoms with Crippen molar-refractivity contribution in [2.75, 3.05) is 4.72 Å². The molecule has 1 atom stereocenters. The summed E-state index contributed by atoms with van der Waals surface area (Å²) in [5.74, 6) is 0.890. The van der Waals surface area contributed by atoms with E-state index in [-0.39, 0.29) is 16.3 Å². The number of phenolic OH excluding ortho intramolecular Hbond substituents is 1. The van der Waals surface area contributed by atoms with Crippen LogP contribution in [0.15, 0.2) is 65.8 Å². The predicted molar refractivity (Wildman–Crippen MR) is 105 cm³/mol. The Kier molecular flexibility index (Phi) is 5.41. The number of sulfonamides is 1. The van der Waals surface area contributed by atoms with Gasteiger partial charge in [-0.2, -0.15) is 0 Å². The van der Waals surface area contributed by atoms with Gasteiger partial charge in [-0.1, -0.05) is 38.1 Å². The molecule has 1 unspecified atom stereocenters. The van der Waals surface area contributed by atoms with Gasteiger partial charge in [-0.15, -0.1) is 0 Å². The lowest BCUT2D eigenvalue weighted by atomic mass is 9.99. The molecule has 2 N–H and O–H groups in total. The largest absolute Gasteiger partial charge is 0.508 e. The summed E-state index contributed by atoms with van der Waals surface area (Å²) < 4.78 is 27.6. The number of anilines is 1. The molecule has 0 aliphatic rings. The fourth-order valence-corrected chi connectivity index (χ4v) is 3.63. The van der Waals surface area contributed by atoms with E-state index < -0.39 is 10.0 Å². The Balaban J connectivity index is 1.77. The van der Waals surface area contributed by atoms with Crippen molar-refractivity contribution in [1.29, 1.82) is 0 Å². The molecule has 140 valence electrons. The molecule has 3 aromatic rings. The molecule has 1 aromatic heterocycles. The monoisotopic (exact) mass is 383 g/mol. The van der Waals surface area contributed by atoms with Gasteiger partial charge < -0.3 is 5.11 Å². The van der Waals surface area contributed by atoms with Crippen molar-refractivity contribution in [3.63, 3.8) is 0 Å². The summed E-state index contributed by atoms with van der Waals surface area (Å²) in [4.78, 5) is 8.52. The molecule has 27 heavy (non-hydrogen) atoms. The zero-order valence-corrected chi connectivity index (χ0v) is 15.9. The van der Waals surface area contributed by atoms with Crippen molar-refractivity contribution < 1.29 is 13.5 Å². The molecule has 0 aliphatic heterocycles. The lowest BCUT2D eigenvalue weighted by Crippen LogP contribution is -2.13. The molecule has 0 fully saturated rings. The molecule has 0 saturated heterocycles. The van der Waals surface area contributed by atoms with Crippen molar-refractivity contribution in [1.82, 2.24) is 9.97 Å². The van der Waals surface area contributed by atoms with Crippen LogP contribution in [0, 0.1) is 0 Å². The number of hydrogen-bond acceptors (Lipinski definition) is 5. The van der Waals surface area contributed by atoms with E-state index in [1.807, 2.05) is 12.1 Å². The topological polar surface area (TPSA) is 92.2 Å². The Labute approximate surface area is 159 Å². The first kappa shape index (κ1) is 18.8. The van der Waals surface area contributed by atoms with Crippen LogP contribution in [0.2, 0.25) is 0 Å². The van der Waals surface area contributed by atoms with Crippen LogP contribution in [0.1, 0.15) is 31.7 Å². The maximum atomic E-state index is 12.6. The molecule has 0 spiro atoms. The van der Waals surface area contributed by atoms with Gasteiger partial charge in [0.25, 0.3) is 10.0 Å². The molecule has 0 bridgehead atoms. The van der Waals surface area contributed by atoms with Gasteiger partial charge in [0.2, 0.25) is 0 Å². The third kappa shape index (κ3) is 4.43. The van der Waals surface area contributed by atoms with Gasteiger partial charge in [0, 0.05) is 5.56 Å². The maximum Gasteiger partial charge on any atom is 0.261 e. The highest BCUT2D eigenvalue weighted by atomic mass is 32.2. The van der Waals surface area contributed by atoms with Crippen LogP contribution in [0.3, 0.4) is 0 Å². The minimum atomic E-state index is -3.72. The molecular weight excluding hydrogens is 362 g/mol. The highest BCUT2D eigenvalue weighted by Crippen LogP contribution is 2.23. The molecule has 1 heterocycles. The second-order valence-electron chi connectivity index (χ2n) is 6.33. The number of phenols is 1. The Morgan fingerprint density at radius 2 is 1.74 bits per heavy atom. The summed E-state index contributed by atoms with van der Waals surface area (Å²) in [6.07, 6.45) is 3.79. The zero-order chi connectivity index (χ0) is 19.4. The third-order valence-electron chi connectivity index (χ3n) is 4.38. The van der Waals surface area contributed by atoms with Crippen LogP contribution in [-0.4, -0.2) is 23.5 Å². The lowest BCUT2D eigenvalue weighted by Gasteiger charge is -2.11. The summed E-state index contributed by atoms with van der Waals surface area (Å²) in [6, 6.07) is 13.4. The highest BCUT2D eigenvalue weighted by molar-refractivity contribution is 7.92. The summed E-state index contributed by atoms with van der Waals surface area (Å²) in [5.41, 5.74) is 2.02. The van der Waals surface area contributed by atoms with E-state index in [0.29, 0.717) is 17.3 Å². The number of hydrogen-bond donors (Lipinski definition) is 2. The second kappa shape index (κ2) is 7.75. The molecule has 3 rings (SSSR count). The fraction of sp³-hybridized carbons (Fsp3) is 0.200. The second-order valence-corrected chi connectivity index (χ2v) is 8.01. The fourth-order valence-electron chi connectivity index (χ4n) is 2.60. The van der Waals surface area contributed by atoms with Crippen LogP contribution in [0.4, 0.5) is 5.69 Å². The molecule has 0 saturated carbocycles. The number of nitrogens with one attached hydrogen (secondary N) is 1. The molecule has 0 amide bonds. The maximum absolute atomic E-state index is 12.6. The minimum Gasteiger partial charge on any atom is -0.508 e. The van der Waals surface area contributed by atoms with E-state index in [1.54, 1.807) is 30.3 Å². The Hall–Kier alpha value is -2.93. The Morgan fingerprint density at radius 1 is 1.07 bits per heavy atom. The standard InChI is InChI=1S/C20H21N3O3S/c1-3-14(2)15-7-9-19(10-8-15)27(25,26)23-17-12-21-20(22-13-17)16-5-4-6-18(24)11-16/h4-14,23-24H,3H2,1-2H3. The first-order valence-corrected chi connectivity index (χ1v) is 10.1. The Bertz CT molecular complexity index is 1020. The number of nitrogens with zero attached hydrogens (tertiary/aromatic N) is 2. The summed E-state index contributed by atoms with van der Waals surface area (Å²) in [5, 5.41) is 9.53. The van der Waals surface area contributed by atoms with Crippen LogP contribution in [0.5, 0.6) is 5.75 Å². The van der Waals surface area contributed by atoms with Crippen LogP contribution >= 0.6 is 0 Å². The van der Waals surface area contributed by atoms with E-state index in [2.05, 4.69) is 28.5 Å². The number of aromatic hydroxyl groups is 1. The number of rotatable bonds is 6. The van der Waals surface area contributed by atoms with Gasteiger partial charge in [-0.25, -0.2) is 18.4 Å². The number of aromatic nitrogens is 2. The van der Waals surface area contributed by atoms with Crippen molar-refractivity contribution in [3.8, 4) is 17.1 Å². The molecule has 7 heteroatoms. The molecule has 6 nitrogen and oxygen atoms in total. The van der Waals surface area contributed by atoms with E-state index in [0.717, 1.165) is 12.0 Å². The van der Waals surface area contributed by atoms with E-state index >= 15 is 0 Å². The normalized spacial score (nSPS) is 12.5. The summed E-state index contributed by atoms with van der Waals surface area (Å²) in [6.45, 7) is 4.20. The van der Waals surface area contributed by atoms with Crippen LogP contribution in [-0.2, 0) is 10.0 Å². The quantitative estimate of drug-likeness (QED) is 0.667. The lowest BCUT2D eigenvalue weighted by molar-refractivity contribution is 0.475. The van der Waals surface area contributed by atoms with Crippen molar-refractivity contribution in [3.05, 3.63) is 66.5 Å². The van der Waals surface area contributed by atoms with E-state index in [4.69, 9.17) is 0 Å². The van der Waals surface area contributed by atoms with E-state index in [9.17, 15) is 13.5 Å². The average Bonchev–Trinajstić information content (AvgIpc) is 2.68. The molecule has 2 aromatic carbocycles. The predicted octanol–water partition coefficient (Wildman–Crippen LogP) is 4.16. The van der Waals surface area contributed by atoms with Gasteiger partial charge in [0.05, 0.1) is 23.0 Å². The van der Waals surface area contributed by atoms with Crippen LogP contribution < -0.4 is 4.72 Å². The SMILES string of the molecule is CCC(C)c1ccc(S(=O)(=O)Nc2cnc(-c3cccc(O)c3)nc2)cc1. The zero-order valence-electron chi connectivity index (χ0n) is 15.1. The van der Waals surface area contributed by atoms with Crippen molar-refractivity contribution in [2.45, 2.75) is 31.1 Å². The summed E-state index contributed by atoms with van der Waals surface area (Å²) >= 11 is 0. The molecule has 0 aliphatic carbocycles. The molecule has 0 radical (unpaired) electrons. The highest BCUT2D eigenvalue weighted by Gasteiger charge is 2.15. The number of benzene rings is 2. The smallest absolute Gasteiger partial charge is 0.261 e. The minimum absolute atomic E-state index is 0.113. The first-order valence-electron chi connectivity index (χ1n) is 8.63. The molecular formula is C20H21N3O3S. The summed E-state index contributed by atoms with van der Waals surface area (Å²) in [7, 11) is -3.72. The van der Waals surface area contributed by atoms with Gasteiger partial charge >= 0.3 is 0 Å². The first-order chi connectivity index (χ1) is 12.9. The Morgan fingerprint density at radius 3 is 2.33 bits per heavy atom. The van der Waals surface area contributed by atoms with Gasteiger partial charge in [0.15, 0.2) is 5.82 Å². The van der Waals surface area contributed by atoms with Crippen LogP contribution in [0.25, 0.3) is 11.4 Å². The van der Waals surface area contributed by atoms with E-state index in [1.165, 1.54) is 18.5 Å². The van der Waals surface area contributed by atoms with Crippen molar-refractivity contribution >= 4 is 15.7 Å².